The Labute approximate surface area is 403 Å². The van der Waals surface area contributed by atoms with Gasteiger partial charge in [0.15, 0.2) is 0 Å². The maximum absolute atomic E-state index is 8.04. The Balaban J connectivity index is 1.33. The Hall–Kier alpha value is -5.80. The average molecular weight is 906 g/mol. The lowest BCUT2D eigenvalue weighted by atomic mass is 9.83. The van der Waals surface area contributed by atoms with Crippen molar-refractivity contribution in [1.82, 2.24) is 0 Å². The molecular formula is C62H62Cl2N2. The second-order valence-corrected chi connectivity index (χ2v) is 23.1. The van der Waals surface area contributed by atoms with E-state index in [0.717, 1.165) is 45.3 Å². The van der Waals surface area contributed by atoms with Crippen LogP contribution in [0, 0.1) is 0 Å². The van der Waals surface area contributed by atoms with Gasteiger partial charge in [0.05, 0.1) is 22.1 Å². The first-order valence-electron chi connectivity index (χ1n) is 23.3. The summed E-state index contributed by atoms with van der Waals surface area (Å²) in [4.78, 5) is 4.58. The SMILES string of the molecule is CC(C)(C)c1ccc(N(c2ccc(C(C)(C)C)cc2)c2cc(Cl)cc(N(c3ccc(C(C)(C)C)cc3)c3ccc(C(C)(C)C)cc3-c3ccc4ccc5cccc6ccc3c4c56)c2Cl)cc1. The molecule has 0 fully saturated rings. The largest absolute Gasteiger partial charge is 0.309 e. The fourth-order valence-electron chi connectivity index (χ4n) is 9.44. The van der Waals surface area contributed by atoms with E-state index in [1.165, 1.54) is 54.6 Å². The lowest BCUT2D eigenvalue weighted by Gasteiger charge is -2.34. The molecule has 9 rings (SSSR count). The molecule has 0 spiro atoms. The normalized spacial score (nSPS) is 12.7. The number of nitrogens with zero attached hydrogens (tertiary/aromatic N) is 2. The first kappa shape index (κ1) is 45.4. The van der Waals surface area contributed by atoms with Gasteiger partial charge in [-0.15, -0.1) is 0 Å². The van der Waals surface area contributed by atoms with Crippen LogP contribution in [0.15, 0.2) is 158 Å². The lowest BCUT2D eigenvalue weighted by molar-refractivity contribution is 0.590. The predicted molar refractivity (Wildman–Crippen MR) is 290 cm³/mol. The van der Waals surface area contributed by atoms with Crippen molar-refractivity contribution in [3.05, 3.63) is 190 Å². The average Bonchev–Trinajstić information content (AvgIpc) is 3.26. The van der Waals surface area contributed by atoms with Crippen molar-refractivity contribution in [2.24, 2.45) is 0 Å². The monoisotopic (exact) mass is 904 g/mol. The highest BCUT2D eigenvalue weighted by molar-refractivity contribution is 6.39. The van der Waals surface area contributed by atoms with Gasteiger partial charge in [-0.05, 0) is 142 Å². The number of rotatable bonds is 7. The highest BCUT2D eigenvalue weighted by Gasteiger charge is 2.29. The van der Waals surface area contributed by atoms with E-state index in [1.54, 1.807) is 0 Å². The van der Waals surface area contributed by atoms with Crippen molar-refractivity contribution in [2.45, 2.75) is 105 Å². The molecule has 0 aliphatic rings. The van der Waals surface area contributed by atoms with Gasteiger partial charge in [0, 0.05) is 27.6 Å². The fraction of sp³-hybridized carbons (Fsp3) is 0.258. The third-order valence-electron chi connectivity index (χ3n) is 13.4. The quantitative estimate of drug-likeness (QED) is 0.147. The van der Waals surface area contributed by atoms with Crippen LogP contribution in [-0.4, -0.2) is 0 Å². The van der Waals surface area contributed by atoms with Crippen molar-refractivity contribution in [1.29, 1.82) is 0 Å². The molecule has 0 unspecified atom stereocenters. The highest BCUT2D eigenvalue weighted by Crippen LogP contribution is 2.52. The number of hydrogen-bond acceptors (Lipinski definition) is 2. The minimum absolute atomic E-state index is 0.00340. The van der Waals surface area contributed by atoms with Crippen LogP contribution in [0.3, 0.4) is 0 Å². The summed E-state index contributed by atoms with van der Waals surface area (Å²) in [6, 6.07) is 58.0. The van der Waals surface area contributed by atoms with E-state index in [2.05, 4.69) is 238 Å². The van der Waals surface area contributed by atoms with E-state index in [1.807, 2.05) is 12.1 Å². The van der Waals surface area contributed by atoms with Crippen molar-refractivity contribution in [3.8, 4) is 11.1 Å². The van der Waals surface area contributed by atoms with E-state index in [-0.39, 0.29) is 21.7 Å². The number of anilines is 6. The van der Waals surface area contributed by atoms with E-state index in [9.17, 15) is 0 Å². The summed E-state index contributed by atoms with van der Waals surface area (Å²) in [5, 5.41) is 8.69. The lowest BCUT2D eigenvalue weighted by Crippen LogP contribution is -2.17. The van der Waals surface area contributed by atoms with Gasteiger partial charge in [-0.2, -0.15) is 0 Å². The van der Waals surface area contributed by atoms with Crippen LogP contribution in [0.2, 0.25) is 10.0 Å². The van der Waals surface area contributed by atoms with Gasteiger partial charge < -0.3 is 9.80 Å². The van der Waals surface area contributed by atoms with Gasteiger partial charge in [-0.3, -0.25) is 0 Å². The second kappa shape index (κ2) is 16.5. The Kier molecular flexibility index (Phi) is 11.3. The first-order valence-corrected chi connectivity index (χ1v) is 24.1. The minimum atomic E-state index is -0.108. The summed E-state index contributed by atoms with van der Waals surface area (Å²) in [5.74, 6) is 0. The molecule has 66 heavy (non-hydrogen) atoms. The number of benzene rings is 9. The smallest absolute Gasteiger partial charge is 0.0888 e. The standard InChI is InChI=1S/C62H62Cl2N2/c1-59(2,3)42-20-27-47(28-21-42)65(48-29-22-43(23-30-48)60(4,5)6)54-37-46(63)38-55(58(54)64)66(49-31-24-44(25-32-49)61(7,8)9)53-35-26-45(62(10,11)12)36-52(53)50-33-18-41-17-16-39-14-13-15-40-19-34-51(50)57(41)56(39)40/h13-38H,1-12H3. The second-order valence-electron chi connectivity index (χ2n) is 22.3. The molecule has 0 atom stereocenters. The molecule has 2 nitrogen and oxygen atoms in total. The number of halogens is 2. The summed E-state index contributed by atoms with van der Waals surface area (Å²) in [7, 11) is 0. The molecule has 0 saturated heterocycles. The van der Waals surface area contributed by atoms with Crippen LogP contribution < -0.4 is 9.80 Å². The van der Waals surface area contributed by atoms with E-state index in [0.29, 0.717) is 10.0 Å². The van der Waals surface area contributed by atoms with E-state index in [4.69, 9.17) is 23.2 Å². The van der Waals surface area contributed by atoms with Gasteiger partial charge >= 0.3 is 0 Å². The summed E-state index contributed by atoms with van der Waals surface area (Å²) in [6.07, 6.45) is 0. The molecule has 0 aromatic heterocycles. The van der Waals surface area contributed by atoms with Crippen LogP contribution in [-0.2, 0) is 21.7 Å². The summed E-state index contributed by atoms with van der Waals surface area (Å²) in [5.41, 5.74) is 12.7. The topological polar surface area (TPSA) is 6.48 Å². The Morgan fingerprint density at radius 3 is 1.20 bits per heavy atom. The number of hydrogen-bond donors (Lipinski definition) is 0. The predicted octanol–water partition coefficient (Wildman–Crippen LogP) is 19.7. The molecule has 0 heterocycles. The molecule has 0 saturated carbocycles. The van der Waals surface area contributed by atoms with Crippen molar-refractivity contribution in [3.63, 3.8) is 0 Å². The summed E-state index contributed by atoms with van der Waals surface area (Å²) in [6.45, 7) is 27.1. The molecule has 0 aliphatic heterocycles. The molecular weight excluding hydrogens is 844 g/mol. The van der Waals surface area contributed by atoms with Gasteiger partial charge in [-0.1, -0.05) is 203 Å². The summed E-state index contributed by atoms with van der Waals surface area (Å²) >= 11 is 15.5. The zero-order valence-electron chi connectivity index (χ0n) is 40.7. The third-order valence-corrected chi connectivity index (χ3v) is 14.0. The van der Waals surface area contributed by atoms with Gasteiger partial charge in [-0.25, -0.2) is 0 Å². The van der Waals surface area contributed by atoms with Crippen molar-refractivity contribution in [2.75, 3.05) is 9.80 Å². The third kappa shape index (κ3) is 8.44. The summed E-state index contributed by atoms with van der Waals surface area (Å²) < 4.78 is 0. The minimum Gasteiger partial charge on any atom is -0.309 e. The molecule has 0 N–H and O–H groups in total. The van der Waals surface area contributed by atoms with Gasteiger partial charge in [0.1, 0.15) is 0 Å². The zero-order chi connectivity index (χ0) is 47.1. The van der Waals surface area contributed by atoms with Crippen LogP contribution in [0.4, 0.5) is 34.1 Å². The van der Waals surface area contributed by atoms with Crippen LogP contribution in [0.5, 0.6) is 0 Å². The van der Waals surface area contributed by atoms with E-state index < -0.39 is 0 Å². The van der Waals surface area contributed by atoms with Crippen LogP contribution >= 0.6 is 23.2 Å². The molecule has 0 aliphatic carbocycles. The molecule has 0 amide bonds. The Morgan fingerprint density at radius 2 is 0.727 bits per heavy atom. The molecule has 0 bridgehead atoms. The molecule has 9 aromatic rings. The van der Waals surface area contributed by atoms with Crippen molar-refractivity contribution >= 4 is 89.6 Å². The van der Waals surface area contributed by atoms with Gasteiger partial charge in [0.2, 0.25) is 0 Å². The van der Waals surface area contributed by atoms with Gasteiger partial charge in [0.25, 0.3) is 0 Å². The molecule has 9 aromatic carbocycles. The highest BCUT2D eigenvalue weighted by atomic mass is 35.5. The zero-order valence-corrected chi connectivity index (χ0v) is 42.2. The van der Waals surface area contributed by atoms with E-state index >= 15 is 0 Å². The Morgan fingerprint density at radius 1 is 0.333 bits per heavy atom. The van der Waals surface area contributed by atoms with Crippen LogP contribution in [0.25, 0.3) is 43.4 Å². The maximum Gasteiger partial charge on any atom is 0.0888 e. The molecule has 0 radical (unpaired) electrons. The first-order chi connectivity index (χ1) is 31.1. The van der Waals surface area contributed by atoms with Crippen LogP contribution in [0.1, 0.15) is 105 Å². The van der Waals surface area contributed by atoms with Crippen molar-refractivity contribution < 1.29 is 0 Å². The Bertz CT molecular complexity index is 3150. The molecule has 334 valence electrons. The maximum atomic E-state index is 8.04. The molecule has 4 heteroatoms. The fourth-order valence-corrected chi connectivity index (χ4v) is 9.92.